The molecule has 0 fully saturated rings. The molecule has 1 atom stereocenters. The van der Waals surface area contributed by atoms with Crippen molar-refractivity contribution in [1.29, 1.82) is 0 Å². The van der Waals surface area contributed by atoms with Gasteiger partial charge in [-0.15, -0.1) is 0 Å². The molecule has 2 rings (SSSR count). The lowest BCUT2D eigenvalue weighted by molar-refractivity contribution is 0.602. The van der Waals surface area contributed by atoms with E-state index >= 15 is 0 Å². The lowest BCUT2D eigenvalue weighted by Gasteiger charge is -2.12. The maximum Gasteiger partial charge on any atom is 0.175 e. The third-order valence-electron chi connectivity index (χ3n) is 2.94. The Morgan fingerprint density at radius 3 is 2.29 bits per heavy atom. The first-order chi connectivity index (χ1) is 9.77. The van der Waals surface area contributed by atoms with E-state index in [0.717, 1.165) is 15.4 Å². The SMILES string of the molecule is C[C@H](N)c1cc(F)ccc1Sc1ccc(S(C)(=O)=O)cc1. The number of hydrogen-bond donors (Lipinski definition) is 1. The monoisotopic (exact) mass is 325 g/mol. The third kappa shape index (κ3) is 4.06. The van der Waals surface area contributed by atoms with Crippen LogP contribution in [0.2, 0.25) is 0 Å². The second-order valence-corrected chi connectivity index (χ2v) is 7.95. The summed E-state index contributed by atoms with van der Waals surface area (Å²) in [6.45, 7) is 1.80. The predicted octanol–water partition coefficient (Wildman–Crippen LogP) is 3.40. The van der Waals surface area contributed by atoms with Crippen molar-refractivity contribution in [3.63, 3.8) is 0 Å². The minimum Gasteiger partial charge on any atom is -0.324 e. The van der Waals surface area contributed by atoms with Crippen LogP contribution in [-0.4, -0.2) is 14.7 Å². The van der Waals surface area contributed by atoms with E-state index < -0.39 is 9.84 Å². The Morgan fingerprint density at radius 2 is 1.76 bits per heavy atom. The fourth-order valence-corrected chi connectivity index (χ4v) is 3.51. The van der Waals surface area contributed by atoms with Crippen molar-refractivity contribution in [1.82, 2.24) is 0 Å². The van der Waals surface area contributed by atoms with Crippen molar-refractivity contribution >= 4 is 21.6 Å². The van der Waals surface area contributed by atoms with Gasteiger partial charge in [0, 0.05) is 22.1 Å². The molecular formula is C15H16FNO2S2. The van der Waals surface area contributed by atoms with Gasteiger partial charge < -0.3 is 5.73 Å². The zero-order valence-corrected chi connectivity index (χ0v) is 13.3. The molecule has 0 spiro atoms. The molecule has 6 heteroatoms. The average molecular weight is 325 g/mol. The second kappa shape index (κ2) is 6.17. The first-order valence-corrected chi connectivity index (χ1v) is 9.01. The second-order valence-electron chi connectivity index (χ2n) is 4.82. The molecule has 0 saturated heterocycles. The number of hydrogen-bond acceptors (Lipinski definition) is 4. The van der Waals surface area contributed by atoms with Crippen LogP contribution in [0.5, 0.6) is 0 Å². The van der Waals surface area contributed by atoms with Crippen molar-refractivity contribution in [2.24, 2.45) is 5.73 Å². The highest BCUT2D eigenvalue weighted by Crippen LogP contribution is 2.33. The van der Waals surface area contributed by atoms with Gasteiger partial charge in [-0.2, -0.15) is 0 Å². The van der Waals surface area contributed by atoms with Gasteiger partial charge in [-0.05, 0) is 55.0 Å². The van der Waals surface area contributed by atoms with Crippen LogP contribution >= 0.6 is 11.8 Å². The number of nitrogens with two attached hydrogens (primary N) is 1. The molecule has 21 heavy (non-hydrogen) atoms. The molecule has 0 radical (unpaired) electrons. The summed E-state index contributed by atoms with van der Waals surface area (Å²) in [5, 5.41) is 0. The van der Waals surface area contributed by atoms with E-state index in [2.05, 4.69) is 0 Å². The zero-order chi connectivity index (χ0) is 15.6. The van der Waals surface area contributed by atoms with Crippen molar-refractivity contribution in [2.45, 2.75) is 27.7 Å². The van der Waals surface area contributed by atoms with Gasteiger partial charge in [0.2, 0.25) is 0 Å². The number of rotatable bonds is 4. The molecule has 112 valence electrons. The minimum atomic E-state index is -3.20. The maximum absolute atomic E-state index is 13.3. The van der Waals surface area contributed by atoms with E-state index in [1.54, 1.807) is 37.3 Å². The smallest absolute Gasteiger partial charge is 0.175 e. The van der Waals surface area contributed by atoms with Crippen LogP contribution in [0.4, 0.5) is 4.39 Å². The van der Waals surface area contributed by atoms with Gasteiger partial charge in [-0.1, -0.05) is 11.8 Å². The number of sulfone groups is 1. The summed E-state index contributed by atoms with van der Waals surface area (Å²) in [5.74, 6) is -0.320. The molecule has 3 nitrogen and oxygen atoms in total. The summed E-state index contributed by atoms with van der Waals surface area (Å²) in [4.78, 5) is 2.01. The molecule has 2 aromatic rings. The van der Waals surface area contributed by atoms with E-state index in [-0.39, 0.29) is 16.8 Å². The van der Waals surface area contributed by atoms with Gasteiger partial charge in [-0.3, -0.25) is 0 Å². The van der Waals surface area contributed by atoms with Crippen LogP contribution < -0.4 is 5.73 Å². The largest absolute Gasteiger partial charge is 0.324 e. The minimum absolute atomic E-state index is 0.276. The Labute approximate surface area is 128 Å². The van der Waals surface area contributed by atoms with Crippen molar-refractivity contribution in [3.8, 4) is 0 Å². The number of benzene rings is 2. The molecule has 0 amide bonds. The zero-order valence-electron chi connectivity index (χ0n) is 11.7. The van der Waals surface area contributed by atoms with E-state index in [4.69, 9.17) is 5.73 Å². The van der Waals surface area contributed by atoms with Crippen LogP contribution in [0.15, 0.2) is 57.2 Å². The van der Waals surface area contributed by atoms with Gasteiger partial charge in [0.05, 0.1) is 4.90 Å². The van der Waals surface area contributed by atoms with E-state index in [1.807, 2.05) is 0 Å². The molecule has 2 aromatic carbocycles. The lowest BCUT2D eigenvalue weighted by Crippen LogP contribution is -2.06. The predicted molar refractivity (Wildman–Crippen MR) is 82.7 cm³/mol. The highest BCUT2D eigenvalue weighted by molar-refractivity contribution is 7.99. The summed E-state index contributed by atoms with van der Waals surface area (Å²) < 4.78 is 36.1. The summed E-state index contributed by atoms with van der Waals surface area (Å²) >= 11 is 1.43. The van der Waals surface area contributed by atoms with Crippen LogP contribution in [0.25, 0.3) is 0 Å². The summed E-state index contributed by atoms with van der Waals surface area (Å²) in [7, 11) is -3.20. The molecule has 0 saturated carbocycles. The van der Waals surface area contributed by atoms with Crippen molar-refractivity contribution in [2.75, 3.05) is 6.26 Å². The Morgan fingerprint density at radius 1 is 1.14 bits per heavy atom. The van der Waals surface area contributed by atoms with Gasteiger partial charge in [-0.25, -0.2) is 12.8 Å². The van der Waals surface area contributed by atoms with Crippen LogP contribution in [0.3, 0.4) is 0 Å². The molecule has 0 aliphatic rings. The van der Waals surface area contributed by atoms with Gasteiger partial charge in [0.15, 0.2) is 9.84 Å². The molecular weight excluding hydrogens is 309 g/mol. The fraction of sp³-hybridized carbons (Fsp3) is 0.200. The molecule has 2 N–H and O–H groups in total. The Balaban J connectivity index is 2.30. The van der Waals surface area contributed by atoms with Gasteiger partial charge in [0.25, 0.3) is 0 Å². The van der Waals surface area contributed by atoms with E-state index in [1.165, 1.54) is 30.2 Å². The van der Waals surface area contributed by atoms with Gasteiger partial charge >= 0.3 is 0 Å². The first kappa shape index (κ1) is 16.0. The maximum atomic E-state index is 13.3. The van der Waals surface area contributed by atoms with Gasteiger partial charge in [0.1, 0.15) is 5.82 Å². The Kier molecular flexibility index (Phi) is 4.70. The lowest BCUT2D eigenvalue weighted by atomic mass is 10.1. The molecule has 0 aliphatic carbocycles. The van der Waals surface area contributed by atoms with Crippen LogP contribution in [0.1, 0.15) is 18.5 Å². The fourth-order valence-electron chi connectivity index (χ4n) is 1.85. The Hall–Kier alpha value is -1.37. The molecule has 0 aliphatic heterocycles. The third-order valence-corrected chi connectivity index (χ3v) is 5.17. The number of halogens is 1. The molecule has 0 unspecified atom stereocenters. The quantitative estimate of drug-likeness (QED) is 0.936. The van der Waals surface area contributed by atoms with E-state index in [9.17, 15) is 12.8 Å². The average Bonchev–Trinajstić information content (AvgIpc) is 2.40. The summed E-state index contributed by atoms with van der Waals surface area (Å²) in [6, 6.07) is 10.8. The standard InChI is InChI=1S/C15H16FNO2S2/c1-10(17)14-9-11(16)3-8-15(14)20-12-4-6-13(7-5-12)21(2,18)19/h3-10H,17H2,1-2H3/t10-/m0/s1. The summed E-state index contributed by atoms with van der Waals surface area (Å²) in [6.07, 6.45) is 1.17. The Bertz CT molecular complexity index is 741. The molecule has 0 heterocycles. The normalized spacial score (nSPS) is 13.1. The van der Waals surface area contributed by atoms with E-state index in [0.29, 0.717) is 0 Å². The highest BCUT2D eigenvalue weighted by atomic mass is 32.2. The van der Waals surface area contributed by atoms with Crippen LogP contribution in [-0.2, 0) is 9.84 Å². The van der Waals surface area contributed by atoms with Crippen molar-refractivity contribution < 1.29 is 12.8 Å². The van der Waals surface area contributed by atoms with Crippen LogP contribution in [0, 0.1) is 5.82 Å². The highest BCUT2D eigenvalue weighted by Gasteiger charge is 2.11. The first-order valence-electron chi connectivity index (χ1n) is 6.30. The van der Waals surface area contributed by atoms with Crippen molar-refractivity contribution in [3.05, 3.63) is 53.8 Å². The topological polar surface area (TPSA) is 60.2 Å². The summed E-state index contributed by atoms with van der Waals surface area (Å²) in [5.41, 5.74) is 6.59. The molecule has 0 aromatic heterocycles. The molecule has 0 bridgehead atoms.